The van der Waals surface area contributed by atoms with E-state index in [9.17, 15) is 13.2 Å². The van der Waals surface area contributed by atoms with Crippen molar-refractivity contribution in [3.8, 4) is 0 Å². The number of aryl methyl sites for hydroxylation is 3. The quantitative estimate of drug-likeness (QED) is 0.456. The van der Waals surface area contributed by atoms with Gasteiger partial charge in [0.2, 0.25) is 0 Å². The maximum Gasteiger partial charge on any atom is 0.279 e. The molecule has 0 aliphatic heterocycles. The van der Waals surface area contributed by atoms with Crippen LogP contribution in [0.5, 0.6) is 0 Å². The van der Waals surface area contributed by atoms with Crippen LogP contribution in [0.15, 0.2) is 76.6 Å². The van der Waals surface area contributed by atoms with Crippen LogP contribution in [0.2, 0.25) is 0 Å². The van der Waals surface area contributed by atoms with Gasteiger partial charge in [-0.1, -0.05) is 35.6 Å². The van der Waals surface area contributed by atoms with E-state index in [1.165, 1.54) is 29.0 Å². The molecule has 0 aliphatic carbocycles. The van der Waals surface area contributed by atoms with Crippen molar-refractivity contribution in [3.05, 3.63) is 88.2 Å². The molecular formula is C24H23N3O3S2. The molecule has 4 aromatic rings. The Morgan fingerprint density at radius 3 is 2.38 bits per heavy atom. The number of hydrogen-bond donors (Lipinski definition) is 1. The molecule has 4 rings (SSSR count). The van der Waals surface area contributed by atoms with Gasteiger partial charge in [-0.2, -0.15) is 4.99 Å². The van der Waals surface area contributed by atoms with E-state index in [-0.39, 0.29) is 10.8 Å². The highest BCUT2D eigenvalue weighted by molar-refractivity contribution is 7.92. The van der Waals surface area contributed by atoms with Gasteiger partial charge in [0, 0.05) is 17.8 Å². The molecule has 0 saturated carbocycles. The third kappa shape index (κ3) is 4.37. The Morgan fingerprint density at radius 2 is 1.72 bits per heavy atom. The predicted molar refractivity (Wildman–Crippen MR) is 129 cm³/mol. The summed E-state index contributed by atoms with van der Waals surface area (Å²) in [7, 11) is -3.69. The Labute approximate surface area is 190 Å². The zero-order valence-corrected chi connectivity index (χ0v) is 19.6. The zero-order valence-electron chi connectivity index (χ0n) is 18.0. The molecule has 0 spiro atoms. The lowest BCUT2D eigenvalue weighted by Gasteiger charge is -2.08. The maximum atomic E-state index is 12.8. The molecule has 6 nitrogen and oxygen atoms in total. The average Bonchev–Trinajstić information content (AvgIpc) is 3.11. The van der Waals surface area contributed by atoms with Crippen molar-refractivity contribution in [1.29, 1.82) is 0 Å². The number of nitrogens with zero attached hydrogens (tertiary/aromatic N) is 2. The molecule has 0 aliphatic rings. The number of rotatable bonds is 5. The molecule has 1 aromatic heterocycles. The largest absolute Gasteiger partial charge is 0.317 e. The van der Waals surface area contributed by atoms with Crippen molar-refractivity contribution in [3.63, 3.8) is 0 Å². The number of carbonyl (C=O) groups excluding carboxylic acids is 1. The highest BCUT2D eigenvalue weighted by atomic mass is 32.2. The van der Waals surface area contributed by atoms with Crippen LogP contribution in [0, 0.1) is 13.8 Å². The Kier molecular flexibility index (Phi) is 5.99. The van der Waals surface area contributed by atoms with Crippen LogP contribution >= 0.6 is 11.3 Å². The summed E-state index contributed by atoms with van der Waals surface area (Å²) < 4.78 is 30.6. The fourth-order valence-corrected chi connectivity index (χ4v) is 5.77. The molecule has 1 N–H and O–H groups in total. The number of benzene rings is 3. The number of nitrogens with one attached hydrogen (secondary N) is 1. The third-order valence-corrected chi connectivity index (χ3v) is 7.69. The van der Waals surface area contributed by atoms with Gasteiger partial charge in [-0.3, -0.25) is 9.52 Å². The first-order valence-electron chi connectivity index (χ1n) is 10.2. The smallest absolute Gasteiger partial charge is 0.279 e. The number of fused-ring (bicyclic) bond motifs is 1. The van der Waals surface area contributed by atoms with Crippen molar-refractivity contribution >= 4 is 43.2 Å². The highest BCUT2D eigenvalue weighted by Gasteiger charge is 2.14. The molecule has 0 saturated heterocycles. The SMILES string of the molecule is CCn1c(=NC(=O)c2ccc(NS(=O)(=O)c3ccccc3)cc2)sc2c(C)cc(C)cc21. The van der Waals surface area contributed by atoms with Crippen molar-refractivity contribution in [2.45, 2.75) is 32.2 Å². The van der Waals surface area contributed by atoms with Crippen LogP contribution < -0.4 is 9.52 Å². The lowest BCUT2D eigenvalue weighted by molar-refractivity contribution is 0.0998. The molecule has 0 atom stereocenters. The molecule has 164 valence electrons. The number of carbonyl (C=O) groups is 1. The second-order valence-electron chi connectivity index (χ2n) is 7.47. The normalized spacial score (nSPS) is 12.3. The second kappa shape index (κ2) is 8.72. The first-order valence-corrected chi connectivity index (χ1v) is 12.5. The van der Waals surface area contributed by atoms with E-state index in [1.54, 1.807) is 42.5 Å². The van der Waals surface area contributed by atoms with Gasteiger partial charge >= 0.3 is 0 Å². The third-order valence-electron chi connectivity index (χ3n) is 5.07. The van der Waals surface area contributed by atoms with Gasteiger partial charge in [0.05, 0.1) is 15.1 Å². The van der Waals surface area contributed by atoms with Gasteiger partial charge in [-0.05, 0) is 74.4 Å². The summed E-state index contributed by atoms with van der Waals surface area (Å²) in [5.41, 5.74) is 4.17. The van der Waals surface area contributed by atoms with Gasteiger partial charge in [-0.25, -0.2) is 8.42 Å². The van der Waals surface area contributed by atoms with Crippen molar-refractivity contribution in [1.82, 2.24) is 4.57 Å². The number of sulfonamides is 1. The summed E-state index contributed by atoms with van der Waals surface area (Å²) in [5, 5.41) is 0. The van der Waals surface area contributed by atoms with Crippen LogP contribution in [-0.2, 0) is 16.6 Å². The second-order valence-corrected chi connectivity index (χ2v) is 10.1. The number of thiazole rings is 1. The van der Waals surface area contributed by atoms with E-state index >= 15 is 0 Å². The van der Waals surface area contributed by atoms with Gasteiger partial charge in [-0.15, -0.1) is 0 Å². The van der Waals surface area contributed by atoms with Gasteiger partial charge in [0.25, 0.3) is 15.9 Å². The predicted octanol–water partition coefficient (Wildman–Crippen LogP) is 4.88. The van der Waals surface area contributed by atoms with E-state index in [1.807, 2.05) is 11.5 Å². The lowest BCUT2D eigenvalue weighted by atomic mass is 10.1. The van der Waals surface area contributed by atoms with Crippen LogP contribution in [0.1, 0.15) is 28.4 Å². The Morgan fingerprint density at radius 1 is 1.03 bits per heavy atom. The molecular weight excluding hydrogens is 442 g/mol. The molecule has 1 heterocycles. The van der Waals surface area contributed by atoms with E-state index in [4.69, 9.17) is 0 Å². The Balaban J connectivity index is 1.62. The summed E-state index contributed by atoms with van der Waals surface area (Å²) >= 11 is 1.50. The summed E-state index contributed by atoms with van der Waals surface area (Å²) in [6, 6.07) is 18.6. The van der Waals surface area contributed by atoms with E-state index in [2.05, 4.69) is 35.7 Å². The molecule has 8 heteroatoms. The summed E-state index contributed by atoms with van der Waals surface area (Å²) in [4.78, 5) is 18.0. The molecule has 3 aromatic carbocycles. The molecule has 32 heavy (non-hydrogen) atoms. The maximum absolute atomic E-state index is 12.8. The topological polar surface area (TPSA) is 80.5 Å². The molecule has 1 amide bonds. The monoisotopic (exact) mass is 465 g/mol. The van der Waals surface area contributed by atoms with Gasteiger partial charge in [0.15, 0.2) is 4.80 Å². The summed E-state index contributed by atoms with van der Waals surface area (Å²) in [5.74, 6) is -0.370. The fraction of sp³-hybridized carbons (Fsp3) is 0.167. The van der Waals surface area contributed by atoms with Crippen molar-refractivity contribution < 1.29 is 13.2 Å². The van der Waals surface area contributed by atoms with Crippen LogP contribution in [0.3, 0.4) is 0 Å². The van der Waals surface area contributed by atoms with Crippen LogP contribution in [0.25, 0.3) is 10.2 Å². The first kappa shape index (κ1) is 22.0. The van der Waals surface area contributed by atoms with Gasteiger partial charge in [0.1, 0.15) is 0 Å². The van der Waals surface area contributed by atoms with Gasteiger partial charge < -0.3 is 4.57 Å². The highest BCUT2D eigenvalue weighted by Crippen LogP contribution is 2.23. The molecule has 0 bridgehead atoms. The number of aromatic nitrogens is 1. The Bertz CT molecular complexity index is 1470. The minimum Gasteiger partial charge on any atom is -0.317 e. The summed E-state index contributed by atoms with van der Waals surface area (Å²) in [6.07, 6.45) is 0. The zero-order chi connectivity index (χ0) is 22.9. The molecule has 0 radical (unpaired) electrons. The first-order chi connectivity index (χ1) is 15.3. The lowest BCUT2D eigenvalue weighted by Crippen LogP contribution is -2.16. The van der Waals surface area contributed by atoms with Crippen molar-refractivity contribution in [2.24, 2.45) is 4.99 Å². The van der Waals surface area contributed by atoms with E-state index in [0.29, 0.717) is 22.6 Å². The van der Waals surface area contributed by atoms with Crippen LogP contribution in [-0.4, -0.2) is 18.9 Å². The standard InChI is InChI=1S/C24H23N3O3S2/c1-4-27-21-15-16(2)14-17(3)22(21)31-24(27)25-23(28)18-10-12-19(13-11-18)26-32(29,30)20-8-6-5-7-9-20/h5-15,26H,4H2,1-3H3. The average molecular weight is 466 g/mol. The molecule has 0 fully saturated rings. The van der Waals surface area contributed by atoms with E-state index < -0.39 is 10.0 Å². The minimum absolute atomic E-state index is 0.176. The Hall–Kier alpha value is -3.23. The summed E-state index contributed by atoms with van der Waals surface area (Å²) in [6.45, 7) is 6.85. The van der Waals surface area contributed by atoms with E-state index in [0.717, 1.165) is 15.8 Å². The number of hydrogen-bond acceptors (Lipinski definition) is 4. The fourth-order valence-electron chi connectivity index (χ4n) is 3.55. The van der Waals surface area contributed by atoms with Crippen molar-refractivity contribution in [2.75, 3.05) is 4.72 Å². The van der Waals surface area contributed by atoms with Crippen LogP contribution in [0.4, 0.5) is 5.69 Å². The number of anilines is 1. The number of amides is 1. The minimum atomic E-state index is -3.69. The molecule has 0 unspecified atom stereocenters.